The molecule has 0 heterocycles. The van der Waals surface area contributed by atoms with Crippen LogP contribution in [-0.4, -0.2) is 20.7 Å². The molecule has 0 aromatic rings. The summed E-state index contributed by atoms with van der Waals surface area (Å²) >= 11 is 0. The summed E-state index contributed by atoms with van der Waals surface area (Å²) in [5.74, 6) is 0.669. The normalized spacial score (nSPS) is 32.4. The van der Waals surface area contributed by atoms with E-state index in [0.29, 0.717) is 11.8 Å². The van der Waals surface area contributed by atoms with Gasteiger partial charge in [0.1, 0.15) is 6.29 Å². The molecule has 0 saturated heterocycles. The first kappa shape index (κ1) is 16.6. The third-order valence-electron chi connectivity index (χ3n) is 5.19. The van der Waals surface area contributed by atoms with Crippen molar-refractivity contribution in [1.29, 1.82) is 0 Å². The monoisotopic (exact) mass is 282 g/mol. The molecule has 0 amide bonds. The molecule has 1 saturated carbocycles. The molecule has 110 valence electrons. The van der Waals surface area contributed by atoms with Crippen LogP contribution in [0.1, 0.15) is 41.0 Å². The van der Waals surface area contributed by atoms with E-state index in [4.69, 9.17) is 4.43 Å². The molecular weight excluding hydrogens is 252 g/mol. The highest BCUT2D eigenvalue weighted by Crippen LogP contribution is 2.45. The Morgan fingerprint density at radius 1 is 1.37 bits per heavy atom. The number of hydrogen-bond donors (Lipinski definition) is 0. The summed E-state index contributed by atoms with van der Waals surface area (Å²) < 4.78 is 6.53. The Balaban J connectivity index is 2.87. The molecular formula is C16H30O2Si. The smallest absolute Gasteiger partial charge is 0.192 e. The largest absolute Gasteiger partial charge is 0.414 e. The van der Waals surface area contributed by atoms with Crippen LogP contribution in [0.15, 0.2) is 12.2 Å². The van der Waals surface area contributed by atoms with E-state index in [-0.39, 0.29) is 17.1 Å². The van der Waals surface area contributed by atoms with Crippen molar-refractivity contribution < 1.29 is 9.22 Å². The van der Waals surface area contributed by atoms with E-state index in [2.05, 4.69) is 47.4 Å². The van der Waals surface area contributed by atoms with Gasteiger partial charge in [0.05, 0.1) is 0 Å². The maximum Gasteiger partial charge on any atom is 0.192 e. The fraction of sp³-hybridized carbons (Fsp3) is 0.812. The van der Waals surface area contributed by atoms with Gasteiger partial charge in [0.2, 0.25) is 0 Å². The quantitative estimate of drug-likeness (QED) is 0.433. The SMILES string of the molecule is C=C(C)[C@@H]1C[C@@H](O[Si](C)(C)C(C)(C)C)[C@@H](C)[C@@H]1C=O. The van der Waals surface area contributed by atoms with Gasteiger partial charge in [0, 0.05) is 12.0 Å². The Morgan fingerprint density at radius 2 is 1.89 bits per heavy atom. The zero-order chi connectivity index (χ0) is 15.0. The maximum atomic E-state index is 11.4. The predicted molar refractivity (Wildman–Crippen MR) is 83.7 cm³/mol. The number of carbonyl (C=O) groups excluding carboxylic acids is 1. The van der Waals surface area contributed by atoms with E-state index >= 15 is 0 Å². The summed E-state index contributed by atoms with van der Waals surface area (Å²) in [7, 11) is -1.76. The highest BCUT2D eigenvalue weighted by atomic mass is 28.4. The van der Waals surface area contributed by atoms with Gasteiger partial charge in [0.15, 0.2) is 8.32 Å². The van der Waals surface area contributed by atoms with Crippen molar-refractivity contribution in [3.05, 3.63) is 12.2 Å². The topological polar surface area (TPSA) is 26.3 Å². The summed E-state index contributed by atoms with van der Waals surface area (Å²) in [5, 5.41) is 0.213. The Bertz CT molecular complexity index is 354. The van der Waals surface area contributed by atoms with Crippen molar-refractivity contribution in [1.82, 2.24) is 0 Å². The van der Waals surface area contributed by atoms with E-state index in [0.717, 1.165) is 18.3 Å². The molecule has 0 spiro atoms. The van der Waals surface area contributed by atoms with Crippen LogP contribution in [0.25, 0.3) is 0 Å². The molecule has 1 rings (SSSR count). The standard InChI is InChI=1S/C16H30O2Si/c1-11(2)13-9-15(12(3)14(13)10-17)18-19(7,8)16(4,5)6/h10,12-15H,1,9H2,2-8H3/t12-,13-,14-,15+/m0/s1. The van der Waals surface area contributed by atoms with Gasteiger partial charge < -0.3 is 9.22 Å². The van der Waals surface area contributed by atoms with Gasteiger partial charge in [-0.1, -0.05) is 39.8 Å². The molecule has 1 fully saturated rings. The molecule has 19 heavy (non-hydrogen) atoms. The molecule has 3 heteroatoms. The zero-order valence-corrected chi connectivity index (χ0v) is 14.6. The number of allylic oxidation sites excluding steroid dienone is 1. The van der Waals surface area contributed by atoms with Gasteiger partial charge in [-0.05, 0) is 43.3 Å². The lowest BCUT2D eigenvalue weighted by molar-refractivity contribution is -0.113. The minimum Gasteiger partial charge on any atom is -0.414 e. The van der Waals surface area contributed by atoms with Crippen molar-refractivity contribution in [2.45, 2.75) is 65.3 Å². The Hall–Kier alpha value is -0.413. The van der Waals surface area contributed by atoms with Crippen LogP contribution < -0.4 is 0 Å². The zero-order valence-electron chi connectivity index (χ0n) is 13.6. The van der Waals surface area contributed by atoms with Crippen LogP contribution in [0.5, 0.6) is 0 Å². The second-order valence-electron chi connectivity index (χ2n) is 7.68. The summed E-state index contributed by atoms with van der Waals surface area (Å²) in [5.41, 5.74) is 1.12. The average molecular weight is 282 g/mol. The Kier molecular flexibility index (Phi) is 4.84. The van der Waals surface area contributed by atoms with E-state index in [1.807, 2.05) is 6.92 Å². The number of aldehydes is 1. The maximum absolute atomic E-state index is 11.4. The summed E-state index contributed by atoms with van der Waals surface area (Å²) in [6.45, 7) is 19.6. The second kappa shape index (κ2) is 5.53. The lowest BCUT2D eigenvalue weighted by Gasteiger charge is -2.39. The van der Waals surface area contributed by atoms with E-state index in [1.54, 1.807) is 0 Å². The Morgan fingerprint density at radius 3 is 2.21 bits per heavy atom. The molecule has 0 unspecified atom stereocenters. The van der Waals surface area contributed by atoms with Crippen LogP contribution in [0, 0.1) is 17.8 Å². The van der Waals surface area contributed by atoms with Crippen LogP contribution in [0.2, 0.25) is 18.1 Å². The molecule has 0 N–H and O–H groups in total. The number of carbonyl (C=O) groups is 1. The highest BCUT2D eigenvalue weighted by Gasteiger charge is 2.46. The molecule has 0 bridgehead atoms. The van der Waals surface area contributed by atoms with Crippen molar-refractivity contribution >= 4 is 14.6 Å². The van der Waals surface area contributed by atoms with E-state index in [1.165, 1.54) is 0 Å². The average Bonchev–Trinajstić information content (AvgIpc) is 2.54. The fourth-order valence-corrected chi connectivity index (χ4v) is 4.12. The predicted octanol–water partition coefficient (Wildman–Crippen LogP) is 4.42. The van der Waals surface area contributed by atoms with E-state index in [9.17, 15) is 4.79 Å². The lowest BCUT2D eigenvalue weighted by atomic mass is 9.88. The van der Waals surface area contributed by atoms with Crippen molar-refractivity contribution in [3.63, 3.8) is 0 Å². The van der Waals surface area contributed by atoms with Crippen molar-refractivity contribution in [3.8, 4) is 0 Å². The number of rotatable bonds is 4. The first-order valence-corrected chi connectivity index (χ1v) is 10.2. The number of hydrogen-bond acceptors (Lipinski definition) is 2. The Labute approximate surface area is 119 Å². The van der Waals surface area contributed by atoms with E-state index < -0.39 is 8.32 Å². The van der Waals surface area contributed by atoms with Gasteiger partial charge in [-0.15, -0.1) is 0 Å². The van der Waals surface area contributed by atoms with Gasteiger partial charge >= 0.3 is 0 Å². The molecule has 1 aliphatic carbocycles. The first-order chi connectivity index (χ1) is 8.51. The molecule has 0 aromatic carbocycles. The first-order valence-electron chi connectivity index (χ1n) is 7.29. The minimum absolute atomic E-state index is 0.0762. The van der Waals surface area contributed by atoms with Gasteiger partial charge in [0.25, 0.3) is 0 Å². The molecule has 4 atom stereocenters. The third-order valence-corrected chi connectivity index (χ3v) is 9.69. The fourth-order valence-electron chi connectivity index (χ4n) is 2.70. The van der Waals surface area contributed by atoms with Crippen LogP contribution in [0.3, 0.4) is 0 Å². The molecule has 0 radical (unpaired) electrons. The summed E-state index contributed by atoms with van der Waals surface area (Å²) in [6.07, 6.45) is 2.27. The van der Waals surface area contributed by atoms with Crippen molar-refractivity contribution in [2.24, 2.45) is 17.8 Å². The van der Waals surface area contributed by atoms with Gasteiger partial charge in [-0.2, -0.15) is 0 Å². The minimum atomic E-state index is -1.76. The summed E-state index contributed by atoms with van der Waals surface area (Å²) in [6, 6.07) is 0. The molecule has 2 nitrogen and oxygen atoms in total. The summed E-state index contributed by atoms with van der Waals surface area (Å²) in [4.78, 5) is 11.4. The highest BCUT2D eigenvalue weighted by molar-refractivity contribution is 6.74. The molecule has 0 aromatic heterocycles. The van der Waals surface area contributed by atoms with Gasteiger partial charge in [-0.25, -0.2) is 0 Å². The molecule has 0 aliphatic heterocycles. The van der Waals surface area contributed by atoms with Crippen LogP contribution in [-0.2, 0) is 9.22 Å². The lowest BCUT2D eigenvalue weighted by Crippen LogP contribution is -2.44. The molecule has 1 aliphatic rings. The third kappa shape index (κ3) is 3.37. The van der Waals surface area contributed by atoms with Gasteiger partial charge in [-0.3, -0.25) is 0 Å². The van der Waals surface area contributed by atoms with Crippen LogP contribution >= 0.6 is 0 Å². The van der Waals surface area contributed by atoms with Crippen molar-refractivity contribution in [2.75, 3.05) is 0 Å². The van der Waals surface area contributed by atoms with Crippen LogP contribution in [0.4, 0.5) is 0 Å². The second-order valence-corrected chi connectivity index (χ2v) is 12.4.